The van der Waals surface area contributed by atoms with Gasteiger partial charge in [-0.3, -0.25) is 9.59 Å². The van der Waals surface area contributed by atoms with E-state index < -0.39 is 0 Å². The van der Waals surface area contributed by atoms with Gasteiger partial charge in [-0.2, -0.15) is 0 Å². The van der Waals surface area contributed by atoms with Crippen molar-refractivity contribution in [2.75, 3.05) is 25.0 Å². The second-order valence-corrected chi connectivity index (χ2v) is 4.24. The van der Waals surface area contributed by atoms with Crippen molar-refractivity contribution in [2.45, 2.75) is 12.8 Å². The van der Waals surface area contributed by atoms with Crippen LogP contribution in [-0.2, 0) is 11.2 Å². The molecule has 18 heavy (non-hydrogen) atoms. The minimum atomic E-state index is -0.0110. The van der Waals surface area contributed by atoms with E-state index in [2.05, 4.69) is 10.6 Å². The average molecular weight is 248 g/mol. The number of ketones is 1. The Labute approximate surface area is 105 Å². The Hall–Kier alpha value is -1.72. The first-order valence-corrected chi connectivity index (χ1v) is 5.98. The molecule has 0 saturated carbocycles. The molecule has 2 rings (SSSR count). The molecular weight excluding hydrogens is 232 g/mol. The quantitative estimate of drug-likeness (QED) is 0.518. The SMILES string of the molecule is O=C1CCc2cc(C(=O)CNCCO)ccc2N1. The zero-order valence-corrected chi connectivity index (χ0v) is 10.0. The monoisotopic (exact) mass is 248 g/mol. The minimum absolute atomic E-state index is 0.0110. The van der Waals surface area contributed by atoms with Crippen LogP contribution in [0, 0.1) is 0 Å². The second-order valence-electron chi connectivity index (χ2n) is 4.24. The first-order valence-electron chi connectivity index (χ1n) is 5.98. The Morgan fingerprint density at radius 3 is 3.00 bits per heavy atom. The number of Topliss-reactive ketones (excluding diaryl/α,β-unsaturated/α-hetero) is 1. The number of aliphatic hydroxyl groups is 1. The van der Waals surface area contributed by atoms with E-state index >= 15 is 0 Å². The molecule has 1 aromatic carbocycles. The van der Waals surface area contributed by atoms with Crippen LogP contribution in [0.25, 0.3) is 0 Å². The predicted molar refractivity (Wildman–Crippen MR) is 67.7 cm³/mol. The molecule has 0 aromatic heterocycles. The maximum atomic E-state index is 11.8. The Kier molecular flexibility index (Phi) is 4.07. The molecule has 5 nitrogen and oxygen atoms in total. The molecule has 1 aromatic rings. The number of carbonyl (C=O) groups excluding carboxylic acids is 2. The average Bonchev–Trinajstić information content (AvgIpc) is 2.38. The van der Waals surface area contributed by atoms with Gasteiger partial charge in [0.05, 0.1) is 13.2 Å². The van der Waals surface area contributed by atoms with Gasteiger partial charge in [-0.1, -0.05) is 0 Å². The summed E-state index contributed by atoms with van der Waals surface area (Å²) in [4.78, 5) is 23.0. The summed E-state index contributed by atoms with van der Waals surface area (Å²) in [6, 6.07) is 5.32. The highest BCUT2D eigenvalue weighted by Gasteiger charge is 2.16. The third-order valence-electron chi connectivity index (χ3n) is 2.90. The number of amides is 1. The number of rotatable bonds is 5. The van der Waals surface area contributed by atoms with Gasteiger partial charge in [0, 0.05) is 24.2 Å². The number of carbonyl (C=O) groups is 2. The fraction of sp³-hybridized carbons (Fsp3) is 0.385. The van der Waals surface area contributed by atoms with Gasteiger partial charge in [0.15, 0.2) is 5.78 Å². The lowest BCUT2D eigenvalue weighted by Crippen LogP contribution is -2.26. The number of hydrogen-bond acceptors (Lipinski definition) is 4. The first-order chi connectivity index (χ1) is 8.70. The third kappa shape index (κ3) is 2.94. The van der Waals surface area contributed by atoms with Crippen molar-refractivity contribution < 1.29 is 14.7 Å². The summed E-state index contributed by atoms with van der Waals surface area (Å²) in [7, 11) is 0. The molecule has 5 heteroatoms. The summed E-state index contributed by atoms with van der Waals surface area (Å²) in [5.41, 5.74) is 2.43. The maximum absolute atomic E-state index is 11.8. The van der Waals surface area contributed by atoms with E-state index in [1.807, 2.05) is 6.07 Å². The van der Waals surface area contributed by atoms with Gasteiger partial charge in [0.1, 0.15) is 0 Å². The van der Waals surface area contributed by atoms with Gasteiger partial charge in [-0.25, -0.2) is 0 Å². The van der Waals surface area contributed by atoms with E-state index in [4.69, 9.17) is 5.11 Å². The van der Waals surface area contributed by atoms with Gasteiger partial charge in [0.25, 0.3) is 0 Å². The minimum Gasteiger partial charge on any atom is -0.395 e. The summed E-state index contributed by atoms with van der Waals surface area (Å²) in [6.45, 7) is 0.641. The van der Waals surface area contributed by atoms with Gasteiger partial charge in [-0.15, -0.1) is 0 Å². The smallest absolute Gasteiger partial charge is 0.224 e. The maximum Gasteiger partial charge on any atom is 0.224 e. The molecule has 1 aliphatic heterocycles. The van der Waals surface area contributed by atoms with Gasteiger partial charge in [-0.05, 0) is 30.2 Å². The van der Waals surface area contributed by atoms with Crippen LogP contribution in [0.5, 0.6) is 0 Å². The molecule has 1 aliphatic rings. The Bertz CT molecular complexity index is 471. The standard InChI is InChI=1S/C13H16N2O3/c16-6-5-14-8-12(17)10-1-3-11-9(7-10)2-4-13(18)15-11/h1,3,7,14,16H,2,4-6,8H2,(H,15,18). The number of aryl methyl sites for hydroxylation is 1. The highest BCUT2D eigenvalue weighted by Crippen LogP contribution is 2.23. The number of hydrogen-bond donors (Lipinski definition) is 3. The van der Waals surface area contributed by atoms with Gasteiger partial charge < -0.3 is 15.7 Å². The van der Waals surface area contributed by atoms with Gasteiger partial charge in [0.2, 0.25) is 5.91 Å². The zero-order chi connectivity index (χ0) is 13.0. The number of fused-ring (bicyclic) bond motifs is 1. The molecule has 1 amide bonds. The fourth-order valence-electron chi connectivity index (χ4n) is 1.94. The molecule has 96 valence electrons. The molecule has 0 spiro atoms. The lowest BCUT2D eigenvalue weighted by molar-refractivity contribution is -0.116. The van der Waals surface area contributed by atoms with Crippen molar-refractivity contribution in [3.05, 3.63) is 29.3 Å². The van der Waals surface area contributed by atoms with Crippen LogP contribution in [0.3, 0.4) is 0 Å². The van der Waals surface area contributed by atoms with Gasteiger partial charge >= 0.3 is 0 Å². The Balaban J connectivity index is 2.06. The lowest BCUT2D eigenvalue weighted by Gasteiger charge is -2.17. The molecule has 0 atom stereocenters. The van der Waals surface area contributed by atoms with Crippen LogP contribution >= 0.6 is 0 Å². The molecule has 0 unspecified atom stereocenters. The topological polar surface area (TPSA) is 78.4 Å². The van der Waals surface area contributed by atoms with Crippen LogP contribution in [0.4, 0.5) is 5.69 Å². The first kappa shape index (κ1) is 12.7. The zero-order valence-electron chi connectivity index (χ0n) is 10.0. The van der Waals surface area contributed by atoms with E-state index in [-0.39, 0.29) is 24.8 Å². The van der Waals surface area contributed by atoms with Crippen LogP contribution in [0.1, 0.15) is 22.3 Å². The fourth-order valence-corrected chi connectivity index (χ4v) is 1.94. The summed E-state index contributed by atoms with van der Waals surface area (Å²) < 4.78 is 0. The van der Waals surface area contributed by atoms with Crippen LogP contribution in [0.15, 0.2) is 18.2 Å². The van der Waals surface area contributed by atoms with E-state index in [1.54, 1.807) is 12.1 Å². The van der Waals surface area contributed by atoms with E-state index in [9.17, 15) is 9.59 Å². The van der Waals surface area contributed by atoms with E-state index in [0.717, 1.165) is 11.3 Å². The number of aliphatic hydroxyl groups excluding tert-OH is 1. The van der Waals surface area contributed by atoms with Crippen molar-refractivity contribution in [3.8, 4) is 0 Å². The summed E-state index contributed by atoms with van der Waals surface area (Å²) in [5.74, 6) is 0.00865. The Morgan fingerprint density at radius 1 is 1.39 bits per heavy atom. The molecule has 0 aliphatic carbocycles. The molecule has 0 saturated heterocycles. The molecule has 3 N–H and O–H groups in total. The molecule has 0 fully saturated rings. The normalized spacial score (nSPS) is 13.9. The molecule has 0 radical (unpaired) electrons. The largest absolute Gasteiger partial charge is 0.395 e. The van der Waals surface area contributed by atoms with Crippen LogP contribution in [-0.4, -0.2) is 36.5 Å². The van der Waals surface area contributed by atoms with E-state index in [1.165, 1.54) is 0 Å². The van der Waals surface area contributed by atoms with Crippen molar-refractivity contribution in [3.63, 3.8) is 0 Å². The van der Waals surface area contributed by atoms with Crippen molar-refractivity contribution >= 4 is 17.4 Å². The summed E-state index contributed by atoms with van der Waals surface area (Å²) >= 11 is 0. The summed E-state index contributed by atoms with van der Waals surface area (Å²) in [6.07, 6.45) is 1.14. The third-order valence-corrected chi connectivity index (χ3v) is 2.90. The van der Waals surface area contributed by atoms with Crippen molar-refractivity contribution in [1.82, 2.24) is 5.32 Å². The number of anilines is 1. The highest BCUT2D eigenvalue weighted by atomic mass is 16.3. The highest BCUT2D eigenvalue weighted by molar-refractivity contribution is 6.00. The molecular formula is C13H16N2O3. The summed E-state index contributed by atoms with van der Waals surface area (Å²) in [5, 5.41) is 14.2. The van der Waals surface area contributed by atoms with Crippen molar-refractivity contribution in [2.24, 2.45) is 0 Å². The Morgan fingerprint density at radius 2 is 2.22 bits per heavy atom. The second kappa shape index (κ2) is 5.75. The molecule has 1 heterocycles. The molecule has 0 bridgehead atoms. The lowest BCUT2D eigenvalue weighted by atomic mass is 9.99. The van der Waals surface area contributed by atoms with Crippen LogP contribution in [0.2, 0.25) is 0 Å². The van der Waals surface area contributed by atoms with Crippen LogP contribution < -0.4 is 10.6 Å². The number of nitrogens with one attached hydrogen (secondary N) is 2. The van der Waals surface area contributed by atoms with Crippen molar-refractivity contribution in [1.29, 1.82) is 0 Å². The van der Waals surface area contributed by atoms with E-state index in [0.29, 0.717) is 24.9 Å². The predicted octanol–water partition coefficient (Wildman–Crippen LogP) is 0.336. The number of benzene rings is 1.